The number of nitrogens with one attached hydrogen (secondary N) is 1. The lowest BCUT2D eigenvalue weighted by Crippen LogP contribution is -2.25. The average Bonchev–Trinajstić information content (AvgIpc) is 3.08. The molecule has 2 aromatic carbocycles. The fourth-order valence-electron chi connectivity index (χ4n) is 4.28. The molecule has 0 radical (unpaired) electrons. The molecule has 1 heterocycles. The van der Waals surface area contributed by atoms with Crippen molar-refractivity contribution in [2.45, 2.75) is 52.1 Å². The van der Waals surface area contributed by atoms with E-state index in [2.05, 4.69) is 79.8 Å². The summed E-state index contributed by atoms with van der Waals surface area (Å²) in [6.45, 7) is 5.34. The molecule has 1 unspecified atom stereocenters. The largest absolute Gasteiger partial charge is 0.459 e. The van der Waals surface area contributed by atoms with E-state index in [1.54, 1.807) is 0 Å². The molecule has 0 saturated carbocycles. The minimum atomic E-state index is 0.329. The Bertz CT molecular complexity index is 864. The Balaban J connectivity index is 1.61. The summed E-state index contributed by atoms with van der Waals surface area (Å²) >= 11 is 0. The first kappa shape index (κ1) is 18.1. The molecule has 1 aromatic heterocycles. The van der Waals surface area contributed by atoms with Gasteiger partial charge in [-0.05, 0) is 42.7 Å². The van der Waals surface area contributed by atoms with Gasteiger partial charge in [0.2, 0.25) is 0 Å². The summed E-state index contributed by atoms with van der Waals surface area (Å²) in [7, 11) is 0. The van der Waals surface area contributed by atoms with Gasteiger partial charge in [-0.2, -0.15) is 0 Å². The Kier molecular flexibility index (Phi) is 5.45. The maximum Gasteiger partial charge on any atom is 0.137 e. The molecular weight excluding hydrogens is 330 g/mol. The van der Waals surface area contributed by atoms with Crippen molar-refractivity contribution in [1.29, 1.82) is 0 Å². The zero-order valence-corrected chi connectivity index (χ0v) is 16.4. The van der Waals surface area contributed by atoms with Crippen molar-refractivity contribution >= 4 is 0 Å². The van der Waals surface area contributed by atoms with Crippen LogP contribution in [0.15, 0.2) is 65.1 Å². The van der Waals surface area contributed by atoms with Gasteiger partial charge in [0, 0.05) is 17.2 Å². The molecule has 0 bridgehead atoms. The monoisotopic (exact) mass is 359 g/mol. The Morgan fingerprint density at radius 3 is 2.15 bits per heavy atom. The molecule has 0 spiro atoms. The summed E-state index contributed by atoms with van der Waals surface area (Å²) in [6, 6.07) is 21.6. The van der Waals surface area contributed by atoms with E-state index in [0.29, 0.717) is 12.0 Å². The van der Waals surface area contributed by atoms with Crippen LogP contribution in [0.2, 0.25) is 0 Å². The van der Waals surface area contributed by atoms with Crippen LogP contribution in [0.25, 0.3) is 11.3 Å². The SMILES string of the molecule is CC(C)C(NCc1oc(-c2ccccc2)c2c1CCCC2)c1ccccc1. The fraction of sp³-hybridized carbons (Fsp3) is 0.360. The molecule has 1 aliphatic rings. The highest BCUT2D eigenvalue weighted by Gasteiger charge is 2.24. The molecule has 0 aliphatic heterocycles. The van der Waals surface area contributed by atoms with E-state index in [4.69, 9.17) is 4.42 Å². The predicted molar refractivity (Wildman–Crippen MR) is 112 cm³/mol. The number of fused-ring (bicyclic) bond motifs is 1. The molecule has 2 heteroatoms. The van der Waals surface area contributed by atoms with E-state index >= 15 is 0 Å². The number of hydrogen-bond acceptors (Lipinski definition) is 2. The van der Waals surface area contributed by atoms with Crippen molar-refractivity contribution in [3.8, 4) is 11.3 Å². The molecule has 4 rings (SSSR count). The molecule has 0 amide bonds. The summed E-state index contributed by atoms with van der Waals surface area (Å²) < 4.78 is 6.46. The van der Waals surface area contributed by atoms with Gasteiger partial charge in [-0.1, -0.05) is 74.5 Å². The normalized spacial score (nSPS) is 14.9. The third-order valence-electron chi connectivity index (χ3n) is 5.65. The van der Waals surface area contributed by atoms with Crippen molar-refractivity contribution < 1.29 is 4.42 Å². The molecule has 0 fully saturated rings. The molecule has 0 saturated heterocycles. The van der Waals surface area contributed by atoms with E-state index < -0.39 is 0 Å². The van der Waals surface area contributed by atoms with Crippen molar-refractivity contribution in [1.82, 2.24) is 5.32 Å². The Morgan fingerprint density at radius 2 is 1.48 bits per heavy atom. The first-order valence-electron chi connectivity index (χ1n) is 10.2. The van der Waals surface area contributed by atoms with Gasteiger partial charge in [-0.15, -0.1) is 0 Å². The average molecular weight is 360 g/mol. The van der Waals surface area contributed by atoms with E-state index in [0.717, 1.165) is 30.9 Å². The van der Waals surface area contributed by atoms with Crippen LogP contribution in [-0.4, -0.2) is 0 Å². The maximum absolute atomic E-state index is 6.46. The summed E-state index contributed by atoms with van der Waals surface area (Å²) in [6.07, 6.45) is 4.80. The van der Waals surface area contributed by atoms with E-state index in [1.165, 1.54) is 35.1 Å². The van der Waals surface area contributed by atoms with Crippen LogP contribution < -0.4 is 5.32 Å². The van der Waals surface area contributed by atoms with Crippen molar-refractivity contribution in [3.63, 3.8) is 0 Å². The van der Waals surface area contributed by atoms with Crippen LogP contribution in [0, 0.1) is 5.92 Å². The van der Waals surface area contributed by atoms with Crippen LogP contribution in [-0.2, 0) is 19.4 Å². The first-order valence-corrected chi connectivity index (χ1v) is 10.2. The number of benzene rings is 2. The van der Waals surface area contributed by atoms with Gasteiger partial charge in [-0.25, -0.2) is 0 Å². The number of rotatable bonds is 6. The highest BCUT2D eigenvalue weighted by Crippen LogP contribution is 2.36. The quantitative estimate of drug-likeness (QED) is 0.558. The summed E-state index contributed by atoms with van der Waals surface area (Å²) in [5.74, 6) is 2.74. The third kappa shape index (κ3) is 3.86. The minimum Gasteiger partial charge on any atom is -0.459 e. The molecule has 1 aliphatic carbocycles. The minimum absolute atomic E-state index is 0.329. The highest BCUT2D eigenvalue weighted by atomic mass is 16.3. The lowest BCUT2D eigenvalue weighted by atomic mass is 9.90. The van der Waals surface area contributed by atoms with Gasteiger partial charge in [0.1, 0.15) is 11.5 Å². The zero-order valence-electron chi connectivity index (χ0n) is 16.4. The number of furan rings is 1. The third-order valence-corrected chi connectivity index (χ3v) is 5.65. The van der Waals surface area contributed by atoms with Crippen LogP contribution >= 0.6 is 0 Å². The van der Waals surface area contributed by atoms with Gasteiger partial charge in [-0.3, -0.25) is 0 Å². The topological polar surface area (TPSA) is 25.2 Å². The maximum atomic E-state index is 6.46. The second kappa shape index (κ2) is 8.14. The molecule has 1 N–H and O–H groups in total. The smallest absolute Gasteiger partial charge is 0.137 e. The molecule has 27 heavy (non-hydrogen) atoms. The Morgan fingerprint density at radius 1 is 0.852 bits per heavy atom. The van der Waals surface area contributed by atoms with Crippen molar-refractivity contribution in [3.05, 3.63) is 83.1 Å². The Labute approximate surface area is 162 Å². The standard InChI is InChI=1S/C25H29NO/c1-18(2)24(19-11-5-3-6-12-19)26-17-23-21-15-9-10-16-22(21)25(27-23)20-13-7-4-8-14-20/h3-8,11-14,18,24,26H,9-10,15-17H2,1-2H3. The molecule has 3 aromatic rings. The highest BCUT2D eigenvalue weighted by molar-refractivity contribution is 5.64. The molecule has 140 valence electrons. The fourth-order valence-corrected chi connectivity index (χ4v) is 4.28. The first-order chi connectivity index (χ1) is 13.2. The molecule has 1 atom stereocenters. The van der Waals surface area contributed by atoms with Crippen LogP contribution in [0.1, 0.15) is 55.2 Å². The van der Waals surface area contributed by atoms with Crippen molar-refractivity contribution in [2.24, 2.45) is 5.92 Å². The molecule has 2 nitrogen and oxygen atoms in total. The van der Waals surface area contributed by atoms with Gasteiger partial charge in [0.05, 0.1) is 6.54 Å². The second-order valence-corrected chi connectivity index (χ2v) is 7.90. The summed E-state index contributed by atoms with van der Waals surface area (Å²) in [5, 5.41) is 3.77. The van der Waals surface area contributed by atoms with E-state index in [-0.39, 0.29) is 0 Å². The number of hydrogen-bond donors (Lipinski definition) is 1. The van der Waals surface area contributed by atoms with Crippen LogP contribution in [0.4, 0.5) is 0 Å². The van der Waals surface area contributed by atoms with Gasteiger partial charge in [0.25, 0.3) is 0 Å². The van der Waals surface area contributed by atoms with E-state index in [9.17, 15) is 0 Å². The summed E-state index contributed by atoms with van der Waals surface area (Å²) in [4.78, 5) is 0. The predicted octanol–water partition coefficient (Wildman–Crippen LogP) is 6.31. The zero-order chi connectivity index (χ0) is 18.6. The second-order valence-electron chi connectivity index (χ2n) is 7.90. The van der Waals surface area contributed by atoms with Gasteiger partial charge in [0.15, 0.2) is 0 Å². The lowest BCUT2D eigenvalue weighted by molar-refractivity contribution is 0.384. The van der Waals surface area contributed by atoms with E-state index in [1.807, 2.05) is 0 Å². The van der Waals surface area contributed by atoms with Gasteiger partial charge >= 0.3 is 0 Å². The summed E-state index contributed by atoms with van der Waals surface area (Å²) in [5.41, 5.74) is 5.43. The molecular formula is C25H29NO. The van der Waals surface area contributed by atoms with Crippen LogP contribution in [0.3, 0.4) is 0 Å². The van der Waals surface area contributed by atoms with Gasteiger partial charge < -0.3 is 9.73 Å². The van der Waals surface area contributed by atoms with Crippen molar-refractivity contribution in [2.75, 3.05) is 0 Å². The lowest BCUT2D eigenvalue weighted by Gasteiger charge is -2.23. The van der Waals surface area contributed by atoms with Crippen LogP contribution in [0.5, 0.6) is 0 Å². The Hall–Kier alpha value is -2.32.